The van der Waals surface area contributed by atoms with Gasteiger partial charge in [-0.3, -0.25) is 4.79 Å². The fourth-order valence-corrected chi connectivity index (χ4v) is 2.13. The first-order valence-corrected chi connectivity index (χ1v) is 7.53. The topological polar surface area (TPSA) is 84.6 Å². The number of aliphatic hydroxyl groups excluding tert-OH is 1. The molecule has 7 heteroatoms. The van der Waals surface area contributed by atoms with E-state index in [-0.39, 0.29) is 24.7 Å². The van der Waals surface area contributed by atoms with Gasteiger partial charge >= 0.3 is 0 Å². The number of ether oxygens (including phenoxy) is 1. The molecule has 2 aromatic carbocycles. The summed E-state index contributed by atoms with van der Waals surface area (Å²) in [6, 6.07) is 13.9. The first kappa shape index (κ1) is 16.7. The standard InChI is InChI=1S/C18H15FN2O4/c19-13-3-1-12(2-4-13)17-11-16(21-25-17)18(23)20-14-5-7-15(8-6-14)24-10-9-22/h1-8,11,22H,9-10H2,(H,20,23). The molecule has 128 valence electrons. The first-order valence-electron chi connectivity index (χ1n) is 7.53. The second kappa shape index (κ2) is 7.59. The fraction of sp³-hybridized carbons (Fsp3) is 0.111. The number of halogens is 1. The molecule has 0 atom stereocenters. The number of hydrogen-bond acceptors (Lipinski definition) is 5. The number of nitrogens with one attached hydrogen (secondary N) is 1. The largest absolute Gasteiger partial charge is 0.491 e. The van der Waals surface area contributed by atoms with Crippen molar-refractivity contribution >= 4 is 11.6 Å². The van der Waals surface area contributed by atoms with Gasteiger partial charge in [0.25, 0.3) is 5.91 Å². The van der Waals surface area contributed by atoms with E-state index in [1.807, 2.05) is 0 Å². The third-order valence-corrected chi connectivity index (χ3v) is 3.34. The number of nitrogens with zero attached hydrogens (tertiary/aromatic N) is 1. The summed E-state index contributed by atoms with van der Waals surface area (Å²) in [5.41, 5.74) is 1.30. The second-order valence-corrected chi connectivity index (χ2v) is 5.13. The molecule has 0 saturated heterocycles. The molecule has 1 heterocycles. The molecule has 0 aliphatic carbocycles. The van der Waals surface area contributed by atoms with E-state index >= 15 is 0 Å². The van der Waals surface area contributed by atoms with E-state index in [0.717, 1.165) is 0 Å². The number of amides is 1. The van der Waals surface area contributed by atoms with E-state index in [9.17, 15) is 9.18 Å². The lowest BCUT2D eigenvalue weighted by atomic mass is 10.1. The van der Waals surface area contributed by atoms with Crippen LogP contribution in [0.5, 0.6) is 5.75 Å². The minimum Gasteiger partial charge on any atom is -0.491 e. The number of anilines is 1. The Morgan fingerprint density at radius 2 is 1.88 bits per heavy atom. The summed E-state index contributed by atoms with van der Waals surface area (Å²) in [7, 11) is 0. The molecule has 3 aromatic rings. The van der Waals surface area contributed by atoms with E-state index in [1.165, 1.54) is 18.2 Å². The van der Waals surface area contributed by atoms with Crippen LogP contribution in [-0.2, 0) is 0 Å². The highest BCUT2D eigenvalue weighted by Crippen LogP contribution is 2.21. The lowest BCUT2D eigenvalue weighted by molar-refractivity contribution is 0.101. The smallest absolute Gasteiger partial charge is 0.277 e. The average Bonchev–Trinajstić information content (AvgIpc) is 3.12. The second-order valence-electron chi connectivity index (χ2n) is 5.13. The number of aliphatic hydroxyl groups is 1. The first-order chi connectivity index (χ1) is 12.2. The van der Waals surface area contributed by atoms with Crippen molar-refractivity contribution in [3.63, 3.8) is 0 Å². The molecule has 1 aromatic heterocycles. The minimum atomic E-state index is -0.430. The summed E-state index contributed by atoms with van der Waals surface area (Å²) >= 11 is 0. The molecule has 3 rings (SSSR count). The van der Waals surface area contributed by atoms with E-state index < -0.39 is 5.91 Å². The molecule has 0 unspecified atom stereocenters. The van der Waals surface area contributed by atoms with Crippen LogP contribution in [0.4, 0.5) is 10.1 Å². The number of carbonyl (C=O) groups is 1. The zero-order valence-electron chi connectivity index (χ0n) is 13.1. The van der Waals surface area contributed by atoms with Crippen molar-refractivity contribution in [2.24, 2.45) is 0 Å². The van der Waals surface area contributed by atoms with Crippen molar-refractivity contribution in [2.45, 2.75) is 0 Å². The molecular formula is C18H15FN2O4. The summed E-state index contributed by atoms with van der Waals surface area (Å²) in [6.07, 6.45) is 0. The molecule has 0 bridgehead atoms. The Morgan fingerprint density at radius 3 is 2.56 bits per heavy atom. The van der Waals surface area contributed by atoms with Gasteiger partial charge in [-0.1, -0.05) is 5.16 Å². The predicted octanol–water partition coefficient (Wildman–Crippen LogP) is 3.10. The van der Waals surface area contributed by atoms with Crippen LogP contribution < -0.4 is 10.1 Å². The molecule has 25 heavy (non-hydrogen) atoms. The Kier molecular flexibility index (Phi) is 5.06. The summed E-state index contributed by atoms with van der Waals surface area (Å²) in [5.74, 6) is 0.179. The van der Waals surface area contributed by atoms with E-state index in [2.05, 4.69) is 10.5 Å². The van der Waals surface area contributed by atoms with Crippen LogP contribution in [0.2, 0.25) is 0 Å². The van der Waals surface area contributed by atoms with Gasteiger partial charge in [0.2, 0.25) is 0 Å². The number of carbonyl (C=O) groups excluding carboxylic acids is 1. The van der Waals surface area contributed by atoms with E-state index in [4.69, 9.17) is 14.4 Å². The third-order valence-electron chi connectivity index (χ3n) is 3.34. The van der Waals surface area contributed by atoms with E-state index in [0.29, 0.717) is 22.8 Å². The quantitative estimate of drug-likeness (QED) is 0.719. The van der Waals surface area contributed by atoms with Crippen molar-refractivity contribution in [2.75, 3.05) is 18.5 Å². The van der Waals surface area contributed by atoms with Gasteiger partial charge in [-0.05, 0) is 48.5 Å². The highest BCUT2D eigenvalue weighted by atomic mass is 19.1. The number of aromatic nitrogens is 1. The van der Waals surface area contributed by atoms with Gasteiger partial charge in [0, 0.05) is 17.3 Å². The molecule has 6 nitrogen and oxygen atoms in total. The van der Waals surface area contributed by atoms with Gasteiger partial charge in [0.05, 0.1) is 6.61 Å². The van der Waals surface area contributed by atoms with Crippen molar-refractivity contribution in [1.82, 2.24) is 5.16 Å². The maximum absolute atomic E-state index is 12.9. The van der Waals surface area contributed by atoms with E-state index in [1.54, 1.807) is 36.4 Å². The summed E-state index contributed by atoms with van der Waals surface area (Å²) in [5, 5.41) is 15.1. The number of benzene rings is 2. The molecule has 2 N–H and O–H groups in total. The van der Waals surface area contributed by atoms with Crippen LogP contribution in [0.3, 0.4) is 0 Å². The summed E-state index contributed by atoms with van der Waals surface area (Å²) in [4.78, 5) is 12.2. The normalized spacial score (nSPS) is 10.5. The van der Waals surface area contributed by atoms with Crippen LogP contribution in [0.15, 0.2) is 59.1 Å². The Hall–Kier alpha value is -3.19. The maximum atomic E-state index is 12.9. The van der Waals surface area contributed by atoms with Crippen molar-refractivity contribution in [1.29, 1.82) is 0 Å². The molecule has 0 saturated carbocycles. The van der Waals surface area contributed by atoms with Gasteiger partial charge < -0.3 is 19.7 Å². The van der Waals surface area contributed by atoms with Crippen LogP contribution in [0.1, 0.15) is 10.5 Å². The highest BCUT2D eigenvalue weighted by molar-refractivity contribution is 6.03. The monoisotopic (exact) mass is 342 g/mol. The van der Waals surface area contributed by atoms with Crippen LogP contribution in [0.25, 0.3) is 11.3 Å². The van der Waals surface area contributed by atoms with Gasteiger partial charge in [0.15, 0.2) is 11.5 Å². The molecular weight excluding hydrogens is 327 g/mol. The van der Waals surface area contributed by atoms with Gasteiger partial charge in [-0.2, -0.15) is 0 Å². The predicted molar refractivity (Wildman–Crippen MR) is 88.9 cm³/mol. The fourth-order valence-electron chi connectivity index (χ4n) is 2.13. The Morgan fingerprint density at radius 1 is 1.16 bits per heavy atom. The molecule has 0 aliphatic rings. The van der Waals surface area contributed by atoms with Crippen molar-refractivity contribution in [3.8, 4) is 17.1 Å². The molecule has 0 aliphatic heterocycles. The highest BCUT2D eigenvalue weighted by Gasteiger charge is 2.14. The summed E-state index contributed by atoms with van der Waals surface area (Å²) < 4.78 is 23.3. The van der Waals surface area contributed by atoms with Gasteiger partial charge in [0.1, 0.15) is 18.2 Å². The van der Waals surface area contributed by atoms with Crippen LogP contribution >= 0.6 is 0 Å². The van der Waals surface area contributed by atoms with Gasteiger partial charge in [-0.25, -0.2) is 4.39 Å². The third kappa shape index (κ3) is 4.21. The molecule has 0 spiro atoms. The Balaban J connectivity index is 1.66. The van der Waals surface area contributed by atoms with Crippen LogP contribution in [-0.4, -0.2) is 29.4 Å². The minimum absolute atomic E-state index is 0.0684. The molecule has 0 radical (unpaired) electrons. The summed E-state index contributed by atoms with van der Waals surface area (Å²) in [6.45, 7) is 0.137. The number of hydrogen-bond donors (Lipinski definition) is 2. The Labute approximate surface area is 142 Å². The molecule has 1 amide bonds. The lowest BCUT2D eigenvalue weighted by Gasteiger charge is -2.06. The SMILES string of the molecule is O=C(Nc1ccc(OCCO)cc1)c1cc(-c2ccc(F)cc2)on1. The number of rotatable bonds is 6. The van der Waals surface area contributed by atoms with Crippen molar-refractivity contribution in [3.05, 3.63) is 66.1 Å². The van der Waals surface area contributed by atoms with Crippen molar-refractivity contribution < 1.29 is 23.6 Å². The zero-order valence-corrected chi connectivity index (χ0v) is 13.1. The molecule has 0 fully saturated rings. The van der Waals surface area contributed by atoms with Crippen LogP contribution in [0, 0.1) is 5.82 Å². The average molecular weight is 342 g/mol. The maximum Gasteiger partial charge on any atom is 0.277 e. The van der Waals surface area contributed by atoms with Gasteiger partial charge in [-0.15, -0.1) is 0 Å². The zero-order chi connectivity index (χ0) is 17.6. The Bertz CT molecular complexity index is 844. The lowest BCUT2D eigenvalue weighted by Crippen LogP contribution is -2.12.